The maximum Gasteiger partial charge on any atom is 0.183 e. The van der Waals surface area contributed by atoms with Gasteiger partial charge < -0.3 is 10.4 Å². The maximum atomic E-state index is 13.0. The van der Waals surface area contributed by atoms with E-state index < -0.39 is 6.10 Å². The first-order valence-electron chi connectivity index (χ1n) is 7.44. The van der Waals surface area contributed by atoms with Crippen LogP contribution < -0.4 is 5.32 Å². The van der Waals surface area contributed by atoms with Crippen LogP contribution in [0.1, 0.15) is 17.2 Å². The lowest BCUT2D eigenvalue weighted by Crippen LogP contribution is -2.21. The second kappa shape index (κ2) is 5.76. The summed E-state index contributed by atoms with van der Waals surface area (Å²) >= 11 is 1.49. The molecule has 0 unspecified atom stereocenters. The van der Waals surface area contributed by atoms with Crippen molar-refractivity contribution in [3.8, 4) is 11.3 Å². The first-order valence-corrected chi connectivity index (χ1v) is 8.32. The molecule has 0 radical (unpaired) electrons. The van der Waals surface area contributed by atoms with Crippen LogP contribution >= 0.6 is 11.3 Å². The van der Waals surface area contributed by atoms with E-state index in [-0.39, 0.29) is 11.9 Å². The summed E-state index contributed by atoms with van der Waals surface area (Å²) in [5.74, 6) is -0.256. The number of anilines is 1. The van der Waals surface area contributed by atoms with Gasteiger partial charge in [-0.15, -0.1) is 11.3 Å². The van der Waals surface area contributed by atoms with Crippen molar-refractivity contribution in [1.29, 1.82) is 0 Å². The molecule has 1 heterocycles. The lowest BCUT2D eigenvalue weighted by molar-refractivity contribution is 0.166. The monoisotopic (exact) mass is 326 g/mol. The highest BCUT2D eigenvalue weighted by Crippen LogP contribution is 2.35. The fourth-order valence-corrected chi connectivity index (χ4v) is 3.73. The molecule has 0 spiro atoms. The minimum atomic E-state index is -0.453. The number of hydrogen-bond acceptors (Lipinski definition) is 4. The van der Waals surface area contributed by atoms with Crippen LogP contribution in [0.5, 0.6) is 0 Å². The molecule has 2 N–H and O–H groups in total. The second-order valence-electron chi connectivity index (χ2n) is 5.64. The predicted octanol–water partition coefficient (Wildman–Crippen LogP) is 4.02. The van der Waals surface area contributed by atoms with Gasteiger partial charge in [-0.05, 0) is 35.4 Å². The zero-order chi connectivity index (χ0) is 15.8. The minimum Gasteiger partial charge on any atom is -0.390 e. The summed E-state index contributed by atoms with van der Waals surface area (Å²) in [5, 5.41) is 16.3. The average Bonchev–Trinajstić information content (AvgIpc) is 3.14. The van der Waals surface area contributed by atoms with E-state index in [1.807, 2.05) is 29.6 Å². The highest BCUT2D eigenvalue weighted by Gasteiger charge is 2.31. The number of aliphatic hydroxyl groups is 1. The summed E-state index contributed by atoms with van der Waals surface area (Å²) in [6.45, 7) is 0. The molecule has 2 atom stereocenters. The predicted molar refractivity (Wildman–Crippen MR) is 90.0 cm³/mol. The van der Waals surface area contributed by atoms with Gasteiger partial charge in [0.25, 0.3) is 0 Å². The molecule has 0 bridgehead atoms. The third kappa shape index (κ3) is 2.73. The van der Waals surface area contributed by atoms with Crippen LogP contribution in [0.3, 0.4) is 0 Å². The van der Waals surface area contributed by atoms with E-state index >= 15 is 0 Å². The Labute approximate surface area is 137 Å². The Bertz CT molecular complexity index is 831. The quantitative estimate of drug-likeness (QED) is 0.764. The van der Waals surface area contributed by atoms with Crippen molar-refractivity contribution in [3.05, 3.63) is 70.9 Å². The zero-order valence-corrected chi connectivity index (χ0v) is 13.1. The number of nitrogens with one attached hydrogen (secondary N) is 1. The van der Waals surface area contributed by atoms with Crippen molar-refractivity contribution in [2.45, 2.75) is 18.6 Å². The number of halogens is 1. The van der Waals surface area contributed by atoms with Crippen LogP contribution in [0, 0.1) is 5.82 Å². The molecule has 0 amide bonds. The zero-order valence-electron chi connectivity index (χ0n) is 12.2. The fourth-order valence-electron chi connectivity index (χ4n) is 2.97. The van der Waals surface area contributed by atoms with E-state index in [4.69, 9.17) is 0 Å². The van der Waals surface area contributed by atoms with E-state index in [0.29, 0.717) is 6.42 Å². The number of hydrogen-bond donors (Lipinski definition) is 2. The molecule has 1 aromatic heterocycles. The van der Waals surface area contributed by atoms with Crippen LogP contribution in [-0.2, 0) is 6.42 Å². The van der Waals surface area contributed by atoms with Gasteiger partial charge in [0, 0.05) is 17.4 Å². The van der Waals surface area contributed by atoms with Crippen molar-refractivity contribution < 1.29 is 9.50 Å². The lowest BCUT2D eigenvalue weighted by atomic mass is 10.1. The summed E-state index contributed by atoms with van der Waals surface area (Å²) in [4.78, 5) is 4.55. The summed E-state index contributed by atoms with van der Waals surface area (Å²) in [6.07, 6.45) is 0.204. The van der Waals surface area contributed by atoms with Crippen molar-refractivity contribution in [2.75, 3.05) is 5.32 Å². The van der Waals surface area contributed by atoms with Crippen molar-refractivity contribution in [2.24, 2.45) is 0 Å². The number of rotatable bonds is 3. The van der Waals surface area contributed by atoms with Crippen LogP contribution in [-0.4, -0.2) is 16.2 Å². The van der Waals surface area contributed by atoms with E-state index in [2.05, 4.69) is 10.3 Å². The number of fused-ring (bicyclic) bond motifs is 1. The van der Waals surface area contributed by atoms with Gasteiger partial charge in [0.2, 0.25) is 0 Å². The van der Waals surface area contributed by atoms with E-state index in [1.165, 1.54) is 29.0 Å². The molecule has 23 heavy (non-hydrogen) atoms. The normalized spacial score (nSPS) is 19.6. The Morgan fingerprint density at radius 1 is 1.13 bits per heavy atom. The summed E-state index contributed by atoms with van der Waals surface area (Å²) in [5.41, 5.74) is 3.98. The van der Waals surface area contributed by atoms with E-state index in [9.17, 15) is 9.50 Å². The molecule has 5 heteroatoms. The number of thiazole rings is 1. The SMILES string of the molecule is O[C@@H]1Cc2ccccc2[C@@H]1Nc1nc(-c2ccc(F)cc2)cs1. The van der Waals surface area contributed by atoms with Gasteiger partial charge in [-0.2, -0.15) is 0 Å². The van der Waals surface area contributed by atoms with Gasteiger partial charge in [-0.1, -0.05) is 24.3 Å². The third-order valence-electron chi connectivity index (χ3n) is 4.13. The smallest absolute Gasteiger partial charge is 0.183 e. The Hall–Kier alpha value is -2.24. The first-order chi connectivity index (χ1) is 11.2. The summed E-state index contributed by atoms with van der Waals surface area (Å²) < 4.78 is 13.0. The molecular weight excluding hydrogens is 311 g/mol. The minimum absolute atomic E-state index is 0.140. The molecule has 3 nitrogen and oxygen atoms in total. The van der Waals surface area contributed by atoms with Crippen LogP contribution in [0.2, 0.25) is 0 Å². The standard InChI is InChI=1S/C18H15FN2OS/c19-13-7-5-11(6-8-13)15-10-23-18(20-15)21-17-14-4-2-1-3-12(14)9-16(17)22/h1-8,10,16-17,22H,9H2,(H,20,21)/t16-,17+/m1/s1. The Morgan fingerprint density at radius 3 is 2.74 bits per heavy atom. The van der Waals surface area contributed by atoms with E-state index in [0.717, 1.165) is 22.0 Å². The molecule has 0 saturated carbocycles. The molecule has 0 saturated heterocycles. The molecule has 0 aliphatic heterocycles. The summed E-state index contributed by atoms with van der Waals surface area (Å²) in [6, 6.07) is 14.2. The third-order valence-corrected chi connectivity index (χ3v) is 4.90. The average molecular weight is 326 g/mol. The second-order valence-corrected chi connectivity index (χ2v) is 6.50. The van der Waals surface area contributed by atoms with Gasteiger partial charge >= 0.3 is 0 Å². The van der Waals surface area contributed by atoms with Gasteiger partial charge in [0.1, 0.15) is 5.82 Å². The highest BCUT2D eigenvalue weighted by molar-refractivity contribution is 7.14. The van der Waals surface area contributed by atoms with Gasteiger partial charge in [0.15, 0.2) is 5.13 Å². The molecule has 2 aromatic carbocycles. The first kappa shape index (κ1) is 14.4. The number of aromatic nitrogens is 1. The maximum absolute atomic E-state index is 13.0. The number of nitrogens with zero attached hydrogens (tertiary/aromatic N) is 1. The summed E-state index contributed by atoms with van der Waals surface area (Å²) in [7, 11) is 0. The topological polar surface area (TPSA) is 45.1 Å². The molecule has 1 aliphatic rings. The van der Waals surface area contributed by atoms with Crippen LogP contribution in [0.15, 0.2) is 53.9 Å². The van der Waals surface area contributed by atoms with Crippen LogP contribution in [0.25, 0.3) is 11.3 Å². The van der Waals surface area contributed by atoms with Crippen molar-refractivity contribution in [1.82, 2.24) is 4.98 Å². The molecule has 3 aromatic rings. The van der Waals surface area contributed by atoms with Crippen LogP contribution in [0.4, 0.5) is 9.52 Å². The van der Waals surface area contributed by atoms with Gasteiger partial charge in [-0.3, -0.25) is 0 Å². The molecular formula is C18H15FN2OS. The number of benzene rings is 2. The molecule has 116 valence electrons. The van der Waals surface area contributed by atoms with E-state index in [1.54, 1.807) is 12.1 Å². The highest BCUT2D eigenvalue weighted by atomic mass is 32.1. The van der Waals surface area contributed by atoms with Crippen molar-refractivity contribution >= 4 is 16.5 Å². The Morgan fingerprint density at radius 2 is 1.91 bits per heavy atom. The van der Waals surface area contributed by atoms with Crippen molar-refractivity contribution in [3.63, 3.8) is 0 Å². The Kier molecular flexibility index (Phi) is 3.59. The molecule has 0 fully saturated rings. The number of aliphatic hydroxyl groups excluding tert-OH is 1. The van der Waals surface area contributed by atoms with Gasteiger partial charge in [-0.25, -0.2) is 9.37 Å². The fraction of sp³-hybridized carbons (Fsp3) is 0.167. The van der Waals surface area contributed by atoms with Gasteiger partial charge in [0.05, 0.1) is 17.8 Å². The molecule has 1 aliphatic carbocycles. The lowest BCUT2D eigenvalue weighted by Gasteiger charge is -2.17. The molecule has 4 rings (SSSR count). The largest absolute Gasteiger partial charge is 0.390 e. The Balaban J connectivity index is 1.57.